The molecule has 0 saturated carbocycles. The number of benzene rings is 1. The summed E-state index contributed by atoms with van der Waals surface area (Å²) in [4.78, 5) is 36.0. The summed E-state index contributed by atoms with van der Waals surface area (Å²) in [5, 5.41) is 0. The zero-order valence-electron chi connectivity index (χ0n) is 18.9. The molecule has 0 unspecified atom stereocenters. The van der Waals surface area contributed by atoms with Crippen molar-refractivity contribution in [3.63, 3.8) is 0 Å². The Hall–Kier alpha value is -3.52. The number of fused-ring (bicyclic) bond motifs is 1. The molecule has 3 heterocycles. The Morgan fingerprint density at radius 1 is 1.21 bits per heavy atom. The average Bonchev–Trinajstić information content (AvgIpc) is 3.08. The molecule has 3 aromatic rings. The monoisotopic (exact) mass is 463 g/mol. The second-order valence-electron chi connectivity index (χ2n) is 7.76. The number of carbonyl (C=O) groups excluding carboxylic acids is 1. The summed E-state index contributed by atoms with van der Waals surface area (Å²) >= 11 is 1.27. The predicted molar refractivity (Wildman–Crippen MR) is 127 cm³/mol. The maximum Gasteiger partial charge on any atom is 0.338 e. The van der Waals surface area contributed by atoms with E-state index < -0.39 is 12.0 Å². The van der Waals surface area contributed by atoms with Crippen LogP contribution in [0.15, 0.2) is 69.7 Å². The zero-order chi connectivity index (χ0) is 23.5. The minimum absolute atomic E-state index is 0.0812. The molecule has 7 nitrogen and oxygen atoms in total. The molecule has 4 rings (SSSR count). The van der Waals surface area contributed by atoms with E-state index in [0.717, 1.165) is 0 Å². The van der Waals surface area contributed by atoms with Crippen molar-refractivity contribution in [2.45, 2.75) is 39.8 Å². The Kier molecular flexibility index (Phi) is 6.55. The summed E-state index contributed by atoms with van der Waals surface area (Å²) in [7, 11) is 0. The van der Waals surface area contributed by atoms with Gasteiger partial charge in [-0.2, -0.15) is 0 Å². The maximum absolute atomic E-state index is 13.6. The Morgan fingerprint density at radius 3 is 2.67 bits per heavy atom. The van der Waals surface area contributed by atoms with Gasteiger partial charge in [-0.15, -0.1) is 0 Å². The SMILES string of the molecule is CCOC(=O)C1=C(C)N=c2s/c(=C/c3ccccn3)c(=O)n2[C@H]1c1ccccc1OC(C)C. The molecule has 0 bridgehead atoms. The number of carbonyl (C=O) groups is 1. The van der Waals surface area contributed by atoms with Gasteiger partial charge in [0.05, 0.1) is 34.2 Å². The lowest BCUT2D eigenvalue weighted by atomic mass is 9.95. The molecule has 0 saturated heterocycles. The first kappa shape index (κ1) is 22.7. The van der Waals surface area contributed by atoms with Crippen molar-refractivity contribution < 1.29 is 14.3 Å². The molecule has 1 aliphatic heterocycles. The summed E-state index contributed by atoms with van der Waals surface area (Å²) in [5.41, 5.74) is 1.97. The second-order valence-corrected chi connectivity index (χ2v) is 8.77. The standard InChI is InChI=1S/C25H25N3O4S/c1-5-31-24(30)21-16(4)27-25-28(22(21)18-11-6-7-12-19(18)32-15(2)3)23(29)20(33-25)14-17-10-8-9-13-26-17/h6-15,22H,5H2,1-4H3/b20-14+/t22-/m0/s1. The lowest BCUT2D eigenvalue weighted by Gasteiger charge is -2.26. The van der Waals surface area contributed by atoms with Crippen LogP contribution in [0.25, 0.3) is 6.08 Å². The number of thiazole rings is 1. The number of esters is 1. The second kappa shape index (κ2) is 9.54. The number of para-hydroxylation sites is 1. The molecular formula is C25H25N3O4S. The number of rotatable bonds is 6. The minimum Gasteiger partial charge on any atom is -0.491 e. The van der Waals surface area contributed by atoms with E-state index >= 15 is 0 Å². The van der Waals surface area contributed by atoms with Crippen LogP contribution < -0.4 is 19.6 Å². The van der Waals surface area contributed by atoms with Crippen LogP contribution in [0.4, 0.5) is 0 Å². The van der Waals surface area contributed by atoms with Gasteiger partial charge in [-0.3, -0.25) is 14.3 Å². The number of nitrogens with zero attached hydrogens (tertiary/aromatic N) is 3. The molecule has 0 fully saturated rings. The van der Waals surface area contributed by atoms with E-state index in [1.807, 2.05) is 56.3 Å². The number of aromatic nitrogens is 2. The van der Waals surface area contributed by atoms with Crippen LogP contribution in [0.5, 0.6) is 5.75 Å². The number of pyridine rings is 1. The normalized spacial score (nSPS) is 15.9. The van der Waals surface area contributed by atoms with Gasteiger partial charge in [0.15, 0.2) is 4.80 Å². The third-order valence-corrected chi connectivity index (χ3v) is 6.04. The van der Waals surface area contributed by atoms with Crippen molar-refractivity contribution in [1.29, 1.82) is 0 Å². The van der Waals surface area contributed by atoms with Crippen LogP contribution in [0, 0.1) is 0 Å². The van der Waals surface area contributed by atoms with E-state index in [0.29, 0.717) is 37.6 Å². The molecule has 0 aliphatic carbocycles. The molecule has 0 N–H and O–H groups in total. The topological polar surface area (TPSA) is 82.8 Å². The van der Waals surface area contributed by atoms with Crippen molar-refractivity contribution >= 4 is 23.4 Å². The number of hydrogen-bond acceptors (Lipinski definition) is 7. The van der Waals surface area contributed by atoms with Crippen molar-refractivity contribution in [3.05, 3.63) is 90.9 Å². The van der Waals surface area contributed by atoms with E-state index in [1.165, 1.54) is 11.3 Å². The van der Waals surface area contributed by atoms with Crippen molar-refractivity contribution in [1.82, 2.24) is 9.55 Å². The highest BCUT2D eigenvalue weighted by atomic mass is 32.1. The van der Waals surface area contributed by atoms with Crippen LogP contribution >= 0.6 is 11.3 Å². The van der Waals surface area contributed by atoms with Gasteiger partial charge in [-0.25, -0.2) is 9.79 Å². The van der Waals surface area contributed by atoms with Gasteiger partial charge in [0.2, 0.25) is 0 Å². The van der Waals surface area contributed by atoms with Gasteiger partial charge in [-0.1, -0.05) is 35.6 Å². The lowest BCUT2D eigenvalue weighted by molar-refractivity contribution is -0.139. The quantitative estimate of drug-likeness (QED) is 0.525. The van der Waals surface area contributed by atoms with Crippen molar-refractivity contribution in [3.8, 4) is 5.75 Å². The van der Waals surface area contributed by atoms with E-state index in [4.69, 9.17) is 9.47 Å². The summed E-state index contributed by atoms with van der Waals surface area (Å²) in [6, 6.07) is 12.2. The Balaban J connectivity index is 1.99. The zero-order valence-corrected chi connectivity index (χ0v) is 19.8. The highest BCUT2D eigenvalue weighted by Crippen LogP contribution is 2.36. The van der Waals surface area contributed by atoms with Gasteiger partial charge in [0.1, 0.15) is 11.8 Å². The molecule has 33 heavy (non-hydrogen) atoms. The van der Waals surface area contributed by atoms with Crippen LogP contribution in [0.2, 0.25) is 0 Å². The summed E-state index contributed by atoms with van der Waals surface area (Å²) in [5.74, 6) is 0.107. The Morgan fingerprint density at radius 2 is 1.97 bits per heavy atom. The maximum atomic E-state index is 13.6. The van der Waals surface area contributed by atoms with E-state index in [2.05, 4.69) is 9.98 Å². The largest absolute Gasteiger partial charge is 0.491 e. The number of hydrogen-bond donors (Lipinski definition) is 0. The first-order valence-corrected chi connectivity index (χ1v) is 11.6. The Bertz CT molecular complexity index is 1390. The molecule has 2 aromatic heterocycles. The average molecular weight is 464 g/mol. The molecule has 0 spiro atoms. The van der Waals surface area contributed by atoms with Crippen LogP contribution in [0.1, 0.15) is 45.0 Å². The van der Waals surface area contributed by atoms with Crippen LogP contribution in [-0.2, 0) is 9.53 Å². The van der Waals surface area contributed by atoms with Gasteiger partial charge in [0, 0.05) is 11.8 Å². The predicted octanol–water partition coefficient (Wildman–Crippen LogP) is 2.98. The molecule has 1 atom stereocenters. The lowest BCUT2D eigenvalue weighted by Crippen LogP contribution is -2.40. The molecule has 1 aromatic carbocycles. The van der Waals surface area contributed by atoms with E-state index in [9.17, 15) is 9.59 Å². The van der Waals surface area contributed by atoms with Crippen molar-refractivity contribution in [2.75, 3.05) is 6.61 Å². The van der Waals surface area contributed by atoms with Crippen molar-refractivity contribution in [2.24, 2.45) is 4.99 Å². The minimum atomic E-state index is -0.721. The smallest absolute Gasteiger partial charge is 0.338 e. The summed E-state index contributed by atoms with van der Waals surface area (Å²) in [6.45, 7) is 7.60. The molecule has 0 radical (unpaired) electrons. The van der Waals surface area contributed by atoms with E-state index in [-0.39, 0.29) is 18.3 Å². The molecular weight excluding hydrogens is 438 g/mol. The highest BCUT2D eigenvalue weighted by molar-refractivity contribution is 7.07. The number of allylic oxidation sites excluding steroid dienone is 1. The van der Waals surface area contributed by atoms with Gasteiger partial charge < -0.3 is 9.47 Å². The fourth-order valence-corrected chi connectivity index (χ4v) is 4.78. The van der Waals surface area contributed by atoms with Crippen LogP contribution in [0.3, 0.4) is 0 Å². The molecule has 1 aliphatic rings. The summed E-state index contributed by atoms with van der Waals surface area (Å²) in [6.07, 6.45) is 3.33. The first-order chi connectivity index (χ1) is 15.9. The highest BCUT2D eigenvalue weighted by Gasteiger charge is 2.35. The van der Waals surface area contributed by atoms with Gasteiger partial charge >= 0.3 is 5.97 Å². The summed E-state index contributed by atoms with van der Waals surface area (Å²) < 4.78 is 13.4. The first-order valence-electron chi connectivity index (χ1n) is 10.8. The third kappa shape index (κ3) is 4.52. The Labute approximate surface area is 195 Å². The van der Waals surface area contributed by atoms with Crippen LogP contribution in [-0.4, -0.2) is 28.2 Å². The van der Waals surface area contributed by atoms with E-state index in [1.54, 1.807) is 30.7 Å². The fourth-order valence-electron chi connectivity index (χ4n) is 3.75. The molecule has 0 amide bonds. The molecule has 170 valence electrons. The third-order valence-electron chi connectivity index (χ3n) is 5.06. The fraction of sp³-hybridized carbons (Fsp3) is 0.280. The van der Waals surface area contributed by atoms with Gasteiger partial charge in [0.25, 0.3) is 5.56 Å². The van der Waals surface area contributed by atoms with Gasteiger partial charge in [-0.05, 0) is 52.0 Å². The molecule has 8 heteroatoms. The number of ether oxygens (including phenoxy) is 2.